The highest BCUT2D eigenvalue weighted by molar-refractivity contribution is 7.13. The van der Waals surface area contributed by atoms with E-state index in [-0.39, 0.29) is 30.9 Å². The summed E-state index contributed by atoms with van der Waals surface area (Å²) in [6.45, 7) is 3.85. The van der Waals surface area contributed by atoms with Crippen LogP contribution < -0.4 is 5.32 Å². The number of nitriles is 1. The predicted octanol–water partition coefficient (Wildman–Crippen LogP) is 2.01. The molecule has 7 nitrogen and oxygen atoms in total. The average molecular weight is 310 g/mol. The van der Waals surface area contributed by atoms with Crippen LogP contribution in [0.15, 0.2) is 5.38 Å². The summed E-state index contributed by atoms with van der Waals surface area (Å²) in [5, 5.41) is 13.4. The highest BCUT2D eigenvalue weighted by Gasteiger charge is 2.17. The third-order valence-corrected chi connectivity index (χ3v) is 3.57. The summed E-state index contributed by atoms with van der Waals surface area (Å²) in [4.78, 5) is 28.9. The Balaban J connectivity index is 2.56. The Morgan fingerprint density at radius 2 is 2.33 bits per heavy atom. The molecule has 21 heavy (non-hydrogen) atoms. The first-order valence-corrected chi connectivity index (χ1v) is 7.36. The minimum absolute atomic E-state index is 0.0842. The zero-order valence-corrected chi connectivity index (χ0v) is 13.1. The van der Waals surface area contributed by atoms with Gasteiger partial charge < -0.3 is 9.64 Å². The van der Waals surface area contributed by atoms with E-state index in [0.717, 1.165) is 0 Å². The van der Waals surface area contributed by atoms with Gasteiger partial charge in [0, 0.05) is 18.5 Å². The Morgan fingerprint density at radius 1 is 1.62 bits per heavy atom. The second-order valence-corrected chi connectivity index (χ2v) is 5.24. The highest BCUT2D eigenvalue weighted by Crippen LogP contribution is 2.17. The number of rotatable bonds is 6. The van der Waals surface area contributed by atoms with Gasteiger partial charge in [0.15, 0.2) is 5.13 Å². The molecule has 0 spiro atoms. The first-order valence-electron chi connectivity index (χ1n) is 6.48. The van der Waals surface area contributed by atoms with E-state index in [1.165, 1.54) is 16.2 Å². The maximum absolute atomic E-state index is 11.9. The van der Waals surface area contributed by atoms with Crippen LogP contribution in [-0.4, -0.2) is 41.6 Å². The van der Waals surface area contributed by atoms with Crippen molar-refractivity contribution in [2.45, 2.75) is 32.7 Å². The molecule has 1 heterocycles. The van der Waals surface area contributed by atoms with Gasteiger partial charge in [-0.15, -0.1) is 11.3 Å². The largest absolute Gasteiger partial charge is 0.466 e. The van der Waals surface area contributed by atoms with Crippen molar-refractivity contribution in [2.24, 2.45) is 0 Å². The molecule has 0 saturated heterocycles. The number of urea groups is 1. The summed E-state index contributed by atoms with van der Waals surface area (Å²) in [6, 6.07) is 1.49. The minimum atomic E-state index is -0.347. The first kappa shape index (κ1) is 16.9. The van der Waals surface area contributed by atoms with Gasteiger partial charge in [-0.25, -0.2) is 9.78 Å². The van der Waals surface area contributed by atoms with Crippen molar-refractivity contribution in [3.05, 3.63) is 11.1 Å². The molecule has 0 radical (unpaired) electrons. The molecule has 0 fully saturated rings. The molecule has 0 aliphatic heterocycles. The van der Waals surface area contributed by atoms with Crippen molar-refractivity contribution < 1.29 is 14.3 Å². The smallest absolute Gasteiger partial charge is 0.323 e. The predicted molar refractivity (Wildman–Crippen MR) is 78.9 cm³/mol. The summed E-state index contributed by atoms with van der Waals surface area (Å²) in [5.74, 6) is -0.347. The molecule has 0 saturated carbocycles. The van der Waals surface area contributed by atoms with Gasteiger partial charge in [-0.1, -0.05) is 0 Å². The standard InChI is InChI=1S/C13H18N4O3S/c1-4-20-11(18)7-10-8-21-12(15-10)16-13(19)17(3)9(2)5-6-14/h8-9H,4-5,7H2,1-3H3,(H,15,16,19)/t9-/m0/s1. The molecule has 114 valence electrons. The van der Waals surface area contributed by atoms with Crippen LogP contribution in [0.25, 0.3) is 0 Å². The number of anilines is 1. The number of amides is 2. The Kier molecular flexibility index (Phi) is 6.62. The molecule has 1 atom stereocenters. The van der Waals surface area contributed by atoms with E-state index in [0.29, 0.717) is 17.4 Å². The molecule has 0 aliphatic rings. The van der Waals surface area contributed by atoms with Crippen LogP contribution in [0, 0.1) is 11.3 Å². The molecule has 0 aliphatic carbocycles. The minimum Gasteiger partial charge on any atom is -0.466 e. The Hall–Kier alpha value is -2.14. The molecular formula is C13H18N4O3S. The van der Waals surface area contributed by atoms with Crippen LogP contribution >= 0.6 is 11.3 Å². The van der Waals surface area contributed by atoms with Crippen LogP contribution in [0.4, 0.5) is 9.93 Å². The molecule has 1 rings (SSSR count). The molecule has 0 aromatic carbocycles. The van der Waals surface area contributed by atoms with Gasteiger partial charge in [-0.05, 0) is 13.8 Å². The topological polar surface area (TPSA) is 95.3 Å². The number of ether oxygens (including phenoxy) is 1. The normalized spacial score (nSPS) is 11.3. The number of nitrogens with one attached hydrogen (secondary N) is 1. The van der Waals surface area contributed by atoms with Crippen molar-refractivity contribution >= 4 is 28.5 Å². The van der Waals surface area contributed by atoms with Crippen molar-refractivity contribution in [3.63, 3.8) is 0 Å². The van der Waals surface area contributed by atoms with Gasteiger partial charge >= 0.3 is 12.0 Å². The van der Waals surface area contributed by atoms with Gasteiger partial charge in [0.05, 0.1) is 31.2 Å². The van der Waals surface area contributed by atoms with E-state index in [9.17, 15) is 9.59 Å². The monoisotopic (exact) mass is 310 g/mol. The lowest BCUT2D eigenvalue weighted by molar-refractivity contribution is -0.142. The number of thiazole rings is 1. The Labute approximate surface area is 127 Å². The zero-order chi connectivity index (χ0) is 15.8. The number of carbonyl (C=O) groups excluding carboxylic acids is 2. The maximum Gasteiger partial charge on any atom is 0.323 e. The second-order valence-electron chi connectivity index (χ2n) is 4.38. The molecule has 1 aromatic rings. The molecule has 2 amide bonds. The molecule has 1 aromatic heterocycles. The Morgan fingerprint density at radius 3 is 2.95 bits per heavy atom. The fourth-order valence-electron chi connectivity index (χ4n) is 1.45. The second kappa shape index (κ2) is 8.21. The van der Waals surface area contributed by atoms with Gasteiger partial charge in [-0.2, -0.15) is 5.26 Å². The fraction of sp³-hybridized carbons (Fsp3) is 0.538. The van der Waals surface area contributed by atoms with E-state index in [4.69, 9.17) is 10.00 Å². The summed E-state index contributed by atoms with van der Waals surface area (Å²) < 4.78 is 4.83. The van der Waals surface area contributed by atoms with Crippen LogP contribution in [0.1, 0.15) is 26.0 Å². The van der Waals surface area contributed by atoms with Gasteiger partial charge in [0.1, 0.15) is 0 Å². The zero-order valence-electron chi connectivity index (χ0n) is 12.3. The third kappa shape index (κ3) is 5.39. The molecule has 0 unspecified atom stereocenters. The summed E-state index contributed by atoms with van der Waals surface area (Å²) >= 11 is 1.24. The van der Waals surface area contributed by atoms with E-state index in [1.807, 2.05) is 6.07 Å². The van der Waals surface area contributed by atoms with Crippen molar-refractivity contribution in [1.82, 2.24) is 9.88 Å². The van der Waals surface area contributed by atoms with Crippen molar-refractivity contribution in [1.29, 1.82) is 5.26 Å². The maximum atomic E-state index is 11.9. The molecule has 8 heteroatoms. The van der Waals surface area contributed by atoms with Crippen LogP contribution in [0.5, 0.6) is 0 Å². The quantitative estimate of drug-likeness (QED) is 0.811. The number of nitrogens with zero attached hydrogens (tertiary/aromatic N) is 3. The number of hydrogen-bond donors (Lipinski definition) is 1. The number of hydrogen-bond acceptors (Lipinski definition) is 6. The van der Waals surface area contributed by atoms with Crippen LogP contribution in [-0.2, 0) is 16.0 Å². The van der Waals surface area contributed by atoms with E-state index in [1.54, 1.807) is 26.3 Å². The lowest BCUT2D eigenvalue weighted by Crippen LogP contribution is -2.38. The summed E-state index contributed by atoms with van der Waals surface area (Å²) in [7, 11) is 1.62. The Bertz CT molecular complexity index is 538. The lowest BCUT2D eigenvalue weighted by Gasteiger charge is -2.22. The van der Waals surface area contributed by atoms with Crippen molar-refractivity contribution in [3.8, 4) is 6.07 Å². The van der Waals surface area contributed by atoms with E-state index in [2.05, 4.69) is 10.3 Å². The molecule has 1 N–H and O–H groups in total. The van der Waals surface area contributed by atoms with Gasteiger partial charge in [-0.3, -0.25) is 10.1 Å². The van der Waals surface area contributed by atoms with Gasteiger partial charge in [0.2, 0.25) is 0 Å². The SMILES string of the molecule is CCOC(=O)Cc1csc(NC(=O)N(C)[C@@H](C)CC#N)n1. The van der Waals surface area contributed by atoms with Crippen LogP contribution in [0.3, 0.4) is 0 Å². The number of esters is 1. The highest BCUT2D eigenvalue weighted by atomic mass is 32.1. The van der Waals surface area contributed by atoms with Gasteiger partial charge in [0.25, 0.3) is 0 Å². The van der Waals surface area contributed by atoms with E-state index >= 15 is 0 Å². The average Bonchev–Trinajstić information content (AvgIpc) is 2.85. The first-order chi connectivity index (χ1) is 9.97. The molecule has 0 bridgehead atoms. The van der Waals surface area contributed by atoms with E-state index < -0.39 is 0 Å². The third-order valence-electron chi connectivity index (χ3n) is 2.76. The van der Waals surface area contributed by atoms with Crippen LogP contribution in [0.2, 0.25) is 0 Å². The summed E-state index contributed by atoms with van der Waals surface area (Å²) in [6.07, 6.45) is 0.344. The molecular weight excluding hydrogens is 292 g/mol. The number of aromatic nitrogens is 1. The van der Waals surface area contributed by atoms with Crippen molar-refractivity contribution in [2.75, 3.05) is 19.0 Å². The fourth-order valence-corrected chi connectivity index (χ4v) is 2.15. The summed E-state index contributed by atoms with van der Waals surface area (Å²) in [5.41, 5.74) is 0.557. The lowest BCUT2D eigenvalue weighted by atomic mass is 10.2. The number of carbonyl (C=O) groups is 2.